The molecule has 0 saturated heterocycles. The molecule has 1 aliphatic rings. The third-order valence-electron chi connectivity index (χ3n) is 3.46. The first-order valence-electron chi connectivity index (χ1n) is 6.56. The predicted molar refractivity (Wildman–Crippen MR) is 75.2 cm³/mol. The number of carboxylic acids is 1. The fraction of sp³-hybridized carbons (Fsp3) is 0.357. The van der Waals surface area contributed by atoms with Crippen LogP contribution in [0.2, 0.25) is 0 Å². The zero-order valence-electron chi connectivity index (χ0n) is 11.2. The number of pyridine rings is 1. The number of fused-ring (bicyclic) bond motifs is 1. The molecule has 0 atom stereocenters. The van der Waals surface area contributed by atoms with E-state index >= 15 is 0 Å². The minimum Gasteiger partial charge on any atom is -0.478 e. The van der Waals surface area contributed by atoms with Crippen molar-refractivity contribution >= 4 is 17.7 Å². The van der Waals surface area contributed by atoms with Crippen LogP contribution < -0.4 is 0 Å². The molecule has 2 heterocycles. The second-order valence-corrected chi connectivity index (χ2v) is 5.84. The van der Waals surface area contributed by atoms with Crippen LogP contribution in [0, 0.1) is 0 Å². The number of rotatable bonds is 3. The van der Waals surface area contributed by atoms with E-state index < -0.39 is 5.97 Å². The van der Waals surface area contributed by atoms with Crippen LogP contribution in [0.4, 0.5) is 0 Å². The van der Waals surface area contributed by atoms with Crippen molar-refractivity contribution < 1.29 is 9.90 Å². The maximum atomic E-state index is 11.4. The smallest absolute Gasteiger partial charge is 0.338 e. The van der Waals surface area contributed by atoms with Crippen molar-refractivity contribution in [3.63, 3.8) is 0 Å². The number of hydrogen-bond acceptors (Lipinski definition) is 4. The lowest BCUT2D eigenvalue weighted by Crippen LogP contribution is -2.11. The van der Waals surface area contributed by atoms with E-state index in [1.807, 2.05) is 17.8 Å². The molecule has 0 unspecified atom stereocenters. The average Bonchev–Trinajstić information content (AvgIpc) is 2.83. The normalized spacial score (nSPS) is 14.1. The molecule has 2 aromatic rings. The van der Waals surface area contributed by atoms with Gasteiger partial charge in [0, 0.05) is 25.1 Å². The number of imidazole rings is 1. The molecule has 3 rings (SSSR count). The zero-order valence-corrected chi connectivity index (χ0v) is 12.0. The first kappa shape index (κ1) is 13.2. The highest BCUT2D eigenvalue weighted by Crippen LogP contribution is 2.31. The molecule has 0 fully saturated rings. The Kier molecular flexibility index (Phi) is 3.48. The first-order valence-corrected chi connectivity index (χ1v) is 7.38. The summed E-state index contributed by atoms with van der Waals surface area (Å²) in [6.45, 7) is 0. The quantitative estimate of drug-likeness (QED) is 0.940. The Bertz CT molecular complexity index is 666. The lowest BCUT2D eigenvalue weighted by atomic mass is 9.95. The molecule has 6 heteroatoms. The second-order valence-electron chi connectivity index (χ2n) is 4.88. The Morgan fingerprint density at radius 3 is 2.90 bits per heavy atom. The minimum atomic E-state index is -0.928. The summed E-state index contributed by atoms with van der Waals surface area (Å²) in [5.74, 6) is -0.928. The average molecular weight is 289 g/mol. The van der Waals surface area contributed by atoms with E-state index in [1.165, 1.54) is 11.8 Å². The fourth-order valence-electron chi connectivity index (χ4n) is 2.38. The van der Waals surface area contributed by atoms with Gasteiger partial charge in [-0.1, -0.05) is 0 Å². The SMILES string of the molecule is Cn1ccnc1Sc1nc2c(cc1C(=O)O)CCCC2. The van der Waals surface area contributed by atoms with Crippen molar-refractivity contribution in [1.82, 2.24) is 14.5 Å². The Morgan fingerprint density at radius 1 is 1.40 bits per heavy atom. The highest BCUT2D eigenvalue weighted by Gasteiger charge is 2.20. The zero-order chi connectivity index (χ0) is 14.1. The molecule has 104 valence electrons. The van der Waals surface area contributed by atoms with Gasteiger partial charge in [0.25, 0.3) is 0 Å². The molecule has 0 spiro atoms. The molecule has 2 aromatic heterocycles. The third kappa shape index (κ3) is 2.43. The van der Waals surface area contributed by atoms with Crippen LogP contribution in [-0.4, -0.2) is 25.6 Å². The van der Waals surface area contributed by atoms with Gasteiger partial charge in [0.2, 0.25) is 0 Å². The molecule has 1 aliphatic carbocycles. The summed E-state index contributed by atoms with van der Waals surface area (Å²) in [5, 5.41) is 10.7. The van der Waals surface area contributed by atoms with Crippen molar-refractivity contribution in [3.05, 3.63) is 35.3 Å². The number of carbonyl (C=O) groups is 1. The van der Waals surface area contributed by atoms with Crippen LogP contribution in [0.3, 0.4) is 0 Å². The number of nitrogens with zero attached hydrogens (tertiary/aromatic N) is 3. The summed E-state index contributed by atoms with van der Waals surface area (Å²) in [6.07, 6.45) is 7.63. The van der Waals surface area contributed by atoms with E-state index in [0.717, 1.165) is 42.1 Å². The van der Waals surface area contributed by atoms with Gasteiger partial charge in [-0.05, 0) is 49.1 Å². The van der Waals surface area contributed by atoms with Crippen molar-refractivity contribution in [3.8, 4) is 0 Å². The maximum Gasteiger partial charge on any atom is 0.338 e. The van der Waals surface area contributed by atoms with Crippen molar-refractivity contribution in [2.45, 2.75) is 35.9 Å². The van der Waals surface area contributed by atoms with E-state index in [2.05, 4.69) is 9.97 Å². The van der Waals surface area contributed by atoms with Gasteiger partial charge in [-0.2, -0.15) is 0 Å². The number of aromatic nitrogens is 3. The molecule has 0 bridgehead atoms. The van der Waals surface area contributed by atoms with Gasteiger partial charge in [-0.3, -0.25) is 0 Å². The van der Waals surface area contributed by atoms with E-state index in [4.69, 9.17) is 0 Å². The molecule has 0 amide bonds. The van der Waals surface area contributed by atoms with Crippen LogP contribution in [0.5, 0.6) is 0 Å². The highest BCUT2D eigenvalue weighted by atomic mass is 32.2. The largest absolute Gasteiger partial charge is 0.478 e. The topological polar surface area (TPSA) is 68.0 Å². The Morgan fingerprint density at radius 2 is 2.20 bits per heavy atom. The fourth-order valence-corrected chi connectivity index (χ4v) is 3.29. The van der Waals surface area contributed by atoms with E-state index in [0.29, 0.717) is 5.03 Å². The molecular weight excluding hydrogens is 274 g/mol. The van der Waals surface area contributed by atoms with Gasteiger partial charge in [-0.25, -0.2) is 14.8 Å². The molecule has 0 aliphatic heterocycles. The summed E-state index contributed by atoms with van der Waals surface area (Å²) in [7, 11) is 1.88. The molecule has 5 nitrogen and oxygen atoms in total. The molecule has 0 saturated carbocycles. The lowest BCUT2D eigenvalue weighted by Gasteiger charge is -2.17. The summed E-state index contributed by atoms with van der Waals surface area (Å²) in [6, 6.07) is 1.79. The van der Waals surface area contributed by atoms with Gasteiger partial charge in [0.1, 0.15) is 5.03 Å². The molecule has 20 heavy (non-hydrogen) atoms. The van der Waals surface area contributed by atoms with Gasteiger partial charge in [0.15, 0.2) is 5.16 Å². The van der Waals surface area contributed by atoms with Gasteiger partial charge >= 0.3 is 5.97 Å². The third-order valence-corrected chi connectivity index (χ3v) is 4.54. The van der Waals surface area contributed by atoms with Gasteiger partial charge in [0.05, 0.1) is 5.56 Å². The van der Waals surface area contributed by atoms with Crippen LogP contribution in [0.1, 0.15) is 34.5 Å². The maximum absolute atomic E-state index is 11.4. The standard InChI is InChI=1S/C14H15N3O2S/c1-17-7-6-15-14(17)20-12-10(13(18)19)8-9-4-2-3-5-11(9)16-12/h6-8H,2-5H2,1H3,(H,18,19). The van der Waals surface area contributed by atoms with Gasteiger partial charge in [-0.15, -0.1) is 0 Å². The Balaban J connectivity index is 2.04. The number of aryl methyl sites for hydroxylation is 3. The minimum absolute atomic E-state index is 0.277. The van der Waals surface area contributed by atoms with Crippen LogP contribution in [0.25, 0.3) is 0 Å². The summed E-state index contributed by atoms with van der Waals surface area (Å²) in [4.78, 5) is 20.2. The summed E-state index contributed by atoms with van der Waals surface area (Å²) < 4.78 is 1.86. The first-order chi connectivity index (χ1) is 9.65. The van der Waals surface area contributed by atoms with E-state index in [9.17, 15) is 9.90 Å². The van der Waals surface area contributed by atoms with Crippen LogP contribution in [0.15, 0.2) is 28.6 Å². The van der Waals surface area contributed by atoms with Crippen LogP contribution in [-0.2, 0) is 19.9 Å². The Hall–Kier alpha value is -1.82. The summed E-state index contributed by atoms with van der Waals surface area (Å²) in [5.41, 5.74) is 2.40. The van der Waals surface area contributed by atoms with Gasteiger partial charge < -0.3 is 9.67 Å². The van der Waals surface area contributed by atoms with E-state index in [-0.39, 0.29) is 5.56 Å². The second kappa shape index (κ2) is 5.28. The monoisotopic (exact) mass is 289 g/mol. The van der Waals surface area contributed by atoms with Crippen molar-refractivity contribution in [2.24, 2.45) is 7.05 Å². The summed E-state index contributed by atoms with van der Waals surface area (Å²) >= 11 is 1.31. The number of hydrogen-bond donors (Lipinski definition) is 1. The predicted octanol–water partition coefficient (Wildman–Crippen LogP) is 2.54. The molecule has 0 radical (unpaired) electrons. The molecule has 1 N–H and O–H groups in total. The van der Waals surface area contributed by atoms with Crippen molar-refractivity contribution in [1.29, 1.82) is 0 Å². The van der Waals surface area contributed by atoms with Crippen LogP contribution >= 0.6 is 11.8 Å². The number of aromatic carboxylic acids is 1. The molecule has 0 aromatic carbocycles. The molecular formula is C14H15N3O2S. The highest BCUT2D eigenvalue weighted by molar-refractivity contribution is 7.99. The number of carboxylic acid groups (broad SMARTS) is 1. The lowest BCUT2D eigenvalue weighted by molar-refractivity contribution is 0.0692. The van der Waals surface area contributed by atoms with Crippen molar-refractivity contribution in [2.75, 3.05) is 0 Å². The Labute approximate surface area is 121 Å². The van der Waals surface area contributed by atoms with E-state index in [1.54, 1.807) is 12.3 Å².